The Morgan fingerprint density at radius 2 is 2.18 bits per heavy atom. The predicted octanol–water partition coefficient (Wildman–Crippen LogP) is 3.53. The monoisotopic (exact) mass is 295 g/mol. The molecule has 1 N–H and O–H groups in total. The molecule has 92 valence electrons. The summed E-state index contributed by atoms with van der Waals surface area (Å²) in [5.74, 6) is 0.672. The largest absolute Gasteiger partial charge is 0.352 e. The molecule has 1 aliphatic rings. The van der Waals surface area contributed by atoms with Gasteiger partial charge in [0.05, 0.1) is 0 Å². The molecule has 1 unspecified atom stereocenters. The maximum Gasteiger partial charge on any atom is 0.251 e. The molecule has 1 aromatic rings. The van der Waals surface area contributed by atoms with Crippen molar-refractivity contribution < 1.29 is 4.79 Å². The summed E-state index contributed by atoms with van der Waals surface area (Å²) in [7, 11) is 0. The molecular weight excluding hydrogens is 278 g/mol. The van der Waals surface area contributed by atoms with Gasteiger partial charge in [-0.3, -0.25) is 4.79 Å². The van der Waals surface area contributed by atoms with Gasteiger partial charge in [0, 0.05) is 16.6 Å². The molecule has 0 saturated heterocycles. The van der Waals surface area contributed by atoms with Crippen molar-refractivity contribution in [2.75, 3.05) is 6.54 Å². The number of amides is 1. The van der Waals surface area contributed by atoms with Gasteiger partial charge >= 0.3 is 0 Å². The van der Waals surface area contributed by atoms with Gasteiger partial charge in [-0.25, -0.2) is 0 Å². The molecule has 1 amide bonds. The summed E-state index contributed by atoms with van der Waals surface area (Å²) in [4.78, 5) is 11.9. The molecule has 3 heteroatoms. The van der Waals surface area contributed by atoms with Gasteiger partial charge in [-0.2, -0.15) is 0 Å². The SMILES string of the molecule is Cc1cc(C(=O)NCC2CC2(C)C)ccc1Br. The van der Waals surface area contributed by atoms with Crippen LogP contribution < -0.4 is 5.32 Å². The number of hydrogen-bond acceptors (Lipinski definition) is 1. The fourth-order valence-corrected chi connectivity index (χ4v) is 2.28. The quantitative estimate of drug-likeness (QED) is 0.908. The van der Waals surface area contributed by atoms with Crippen LogP contribution in [0.15, 0.2) is 22.7 Å². The Labute approximate surface area is 111 Å². The van der Waals surface area contributed by atoms with Gasteiger partial charge in [0.2, 0.25) is 0 Å². The van der Waals surface area contributed by atoms with E-state index in [-0.39, 0.29) is 5.91 Å². The van der Waals surface area contributed by atoms with E-state index < -0.39 is 0 Å². The Kier molecular flexibility index (Phi) is 3.30. The molecule has 0 radical (unpaired) electrons. The van der Waals surface area contributed by atoms with E-state index in [2.05, 4.69) is 35.1 Å². The number of rotatable bonds is 3. The lowest BCUT2D eigenvalue weighted by molar-refractivity contribution is 0.0950. The number of benzene rings is 1. The van der Waals surface area contributed by atoms with Gasteiger partial charge in [0.15, 0.2) is 0 Å². The first-order valence-corrected chi connectivity index (χ1v) is 6.74. The van der Waals surface area contributed by atoms with Crippen LogP contribution in [0.3, 0.4) is 0 Å². The summed E-state index contributed by atoms with van der Waals surface area (Å²) < 4.78 is 1.04. The van der Waals surface area contributed by atoms with Crippen LogP contribution >= 0.6 is 15.9 Å². The van der Waals surface area contributed by atoms with Crippen molar-refractivity contribution in [1.82, 2.24) is 5.32 Å². The first-order valence-electron chi connectivity index (χ1n) is 5.94. The molecule has 0 heterocycles. The minimum atomic E-state index is 0.0308. The van der Waals surface area contributed by atoms with Gasteiger partial charge in [0.1, 0.15) is 0 Å². The van der Waals surface area contributed by atoms with E-state index in [1.54, 1.807) is 0 Å². The third-order valence-corrected chi connectivity index (χ3v) is 4.54. The first kappa shape index (κ1) is 12.6. The Morgan fingerprint density at radius 3 is 2.71 bits per heavy atom. The highest BCUT2D eigenvalue weighted by Crippen LogP contribution is 2.50. The summed E-state index contributed by atoms with van der Waals surface area (Å²) >= 11 is 3.43. The Morgan fingerprint density at radius 1 is 1.53 bits per heavy atom. The standard InChI is InChI=1S/C14H18BrNO/c1-9-6-10(4-5-12(9)15)13(17)16-8-11-7-14(11,2)3/h4-6,11H,7-8H2,1-3H3,(H,16,17). The zero-order valence-electron chi connectivity index (χ0n) is 10.5. The van der Waals surface area contributed by atoms with E-state index in [1.165, 1.54) is 6.42 Å². The molecule has 1 aromatic carbocycles. The van der Waals surface area contributed by atoms with Crippen LogP contribution in [-0.4, -0.2) is 12.5 Å². The summed E-state index contributed by atoms with van der Waals surface area (Å²) in [6.07, 6.45) is 1.21. The highest BCUT2D eigenvalue weighted by atomic mass is 79.9. The van der Waals surface area contributed by atoms with E-state index in [1.807, 2.05) is 25.1 Å². The maximum absolute atomic E-state index is 11.9. The molecule has 0 aromatic heterocycles. The normalized spacial score (nSPS) is 21.1. The lowest BCUT2D eigenvalue weighted by Gasteiger charge is -2.07. The second-order valence-electron chi connectivity index (χ2n) is 5.56. The zero-order chi connectivity index (χ0) is 12.6. The van der Waals surface area contributed by atoms with Gasteiger partial charge in [-0.15, -0.1) is 0 Å². The number of nitrogens with one attached hydrogen (secondary N) is 1. The Hall–Kier alpha value is -0.830. The van der Waals surface area contributed by atoms with Crippen molar-refractivity contribution in [2.24, 2.45) is 11.3 Å². The number of carbonyl (C=O) groups is 1. The lowest BCUT2D eigenvalue weighted by atomic mass is 10.1. The lowest BCUT2D eigenvalue weighted by Crippen LogP contribution is -2.26. The van der Waals surface area contributed by atoms with Gasteiger partial charge in [0.25, 0.3) is 5.91 Å². The highest BCUT2D eigenvalue weighted by molar-refractivity contribution is 9.10. The van der Waals surface area contributed by atoms with Crippen molar-refractivity contribution in [3.8, 4) is 0 Å². The molecule has 0 aliphatic heterocycles. The van der Waals surface area contributed by atoms with Crippen LogP contribution in [0.5, 0.6) is 0 Å². The van der Waals surface area contributed by atoms with Gasteiger partial charge < -0.3 is 5.32 Å². The average molecular weight is 296 g/mol. The number of hydrogen-bond donors (Lipinski definition) is 1. The smallest absolute Gasteiger partial charge is 0.251 e. The fourth-order valence-electron chi connectivity index (χ4n) is 2.03. The average Bonchev–Trinajstić information content (AvgIpc) is 2.87. The van der Waals surface area contributed by atoms with Gasteiger partial charge in [-0.1, -0.05) is 29.8 Å². The second-order valence-corrected chi connectivity index (χ2v) is 6.42. The zero-order valence-corrected chi connectivity index (χ0v) is 12.1. The fraction of sp³-hybridized carbons (Fsp3) is 0.500. The predicted molar refractivity (Wildman–Crippen MR) is 73.1 cm³/mol. The molecule has 1 atom stereocenters. The third kappa shape index (κ3) is 2.89. The highest BCUT2D eigenvalue weighted by Gasteiger charge is 2.45. The Bertz CT molecular complexity index is 454. The summed E-state index contributed by atoms with van der Waals surface area (Å²) in [5.41, 5.74) is 2.25. The topological polar surface area (TPSA) is 29.1 Å². The molecule has 2 rings (SSSR count). The van der Waals surface area contributed by atoms with Crippen LogP contribution in [-0.2, 0) is 0 Å². The van der Waals surface area contributed by atoms with Crippen molar-refractivity contribution in [2.45, 2.75) is 27.2 Å². The molecule has 1 saturated carbocycles. The van der Waals surface area contributed by atoms with Crippen LogP contribution in [0.2, 0.25) is 0 Å². The molecule has 0 spiro atoms. The van der Waals surface area contributed by atoms with E-state index >= 15 is 0 Å². The second kappa shape index (κ2) is 4.45. The van der Waals surface area contributed by atoms with E-state index in [0.29, 0.717) is 11.3 Å². The van der Waals surface area contributed by atoms with Crippen LogP contribution in [0.25, 0.3) is 0 Å². The molecule has 0 bridgehead atoms. The van der Waals surface area contributed by atoms with Gasteiger partial charge in [-0.05, 0) is 48.4 Å². The first-order chi connectivity index (χ1) is 7.90. The maximum atomic E-state index is 11.9. The summed E-state index contributed by atoms with van der Waals surface area (Å²) in [6.45, 7) is 7.27. The van der Waals surface area contributed by atoms with Crippen LogP contribution in [0.1, 0.15) is 36.2 Å². The molecular formula is C14H18BrNO. The number of carbonyl (C=O) groups excluding carboxylic acids is 1. The Balaban J connectivity index is 1.93. The number of aryl methyl sites for hydroxylation is 1. The van der Waals surface area contributed by atoms with Crippen molar-refractivity contribution >= 4 is 21.8 Å². The minimum absolute atomic E-state index is 0.0308. The van der Waals surface area contributed by atoms with Crippen LogP contribution in [0, 0.1) is 18.3 Å². The molecule has 2 nitrogen and oxygen atoms in total. The molecule has 1 fully saturated rings. The third-order valence-electron chi connectivity index (χ3n) is 3.65. The van der Waals surface area contributed by atoms with E-state index in [9.17, 15) is 4.79 Å². The summed E-state index contributed by atoms with van der Waals surface area (Å²) in [6, 6.07) is 5.69. The van der Waals surface area contributed by atoms with E-state index in [0.717, 1.165) is 22.1 Å². The summed E-state index contributed by atoms with van der Waals surface area (Å²) in [5, 5.41) is 3.01. The molecule has 1 aliphatic carbocycles. The minimum Gasteiger partial charge on any atom is -0.352 e. The van der Waals surface area contributed by atoms with Crippen molar-refractivity contribution in [1.29, 1.82) is 0 Å². The number of halogens is 1. The van der Waals surface area contributed by atoms with Crippen LogP contribution in [0.4, 0.5) is 0 Å². The van der Waals surface area contributed by atoms with E-state index in [4.69, 9.17) is 0 Å². The molecule has 17 heavy (non-hydrogen) atoms. The van der Waals surface area contributed by atoms with Crippen molar-refractivity contribution in [3.63, 3.8) is 0 Å². The van der Waals surface area contributed by atoms with Crippen molar-refractivity contribution in [3.05, 3.63) is 33.8 Å².